The highest BCUT2D eigenvalue weighted by Gasteiger charge is 2.30. The van der Waals surface area contributed by atoms with E-state index in [-0.39, 0.29) is 0 Å². The molecule has 0 aromatic carbocycles. The summed E-state index contributed by atoms with van der Waals surface area (Å²) in [6.07, 6.45) is 9.28. The van der Waals surface area contributed by atoms with E-state index in [2.05, 4.69) is 43.8 Å². The Morgan fingerprint density at radius 2 is 1.76 bits per heavy atom. The quantitative estimate of drug-likeness (QED) is 0.766. The summed E-state index contributed by atoms with van der Waals surface area (Å²) < 4.78 is 0. The van der Waals surface area contributed by atoms with Crippen molar-refractivity contribution in [2.45, 2.75) is 72.9 Å². The van der Waals surface area contributed by atoms with Gasteiger partial charge in [-0.3, -0.25) is 9.88 Å². The SMILES string of the molecule is CC.CN(Cc1cccnc1)C1CCC(C(C)(C)C)CC1. The molecule has 0 aliphatic heterocycles. The molecule has 0 radical (unpaired) electrons. The first kappa shape index (κ1) is 18.2. The van der Waals surface area contributed by atoms with Crippen molar-refractivity contribution in [2.24, 2.45) is 11.3 Å². The van der Waals surface area contributed by atoms with Gasteiger partial charge in [0.2, 0.25) is 0 Å². The third-order valence-corrected chi connectivity index (χ3v) is 4.70. The van der Waals surface area contributed by atoms with Crippen LogP contribution in [0.25, 0.3) is 0 Å². The second kappa shape index (κ2) is 8.53. The van der Waals surface area contributed by atoms with Crippen molar-refractivity contribution in [3.05, 3.63) is 30.1 Å². The van der Waals surface area contributed by atoms with Gasteiger partial charge in [-0.05, 0) is 55.7 Å². The summed E-state index contributed by atoms with van der Waals surface area (Å²) in [7, 11) is 2.26. The predicted octanol–water partition coefficient (Wildman–Crippen LogP) is 5.14. The van der Waals surface area contributed by atoms with E-state index in [1.54, 1.807) is 0 Å². The summed E-state index contributed by atoms with van der Waals surface area (Å²) in [6, 6.07) is 4.95. The minimum atomic E-state index is 0.479. The molecule has 1 aliphatic carbocycles. The van der Waals surface area contributed by atoms with Crippen LogP contribution < -0.4 is 0 Å². The van der Waals surface area contributed by atoms with Crippen LogP contribution >= 0.6 is 0 Å². The zero-order valence-electron chi connectivity index (χ0n) is 14.9. The normalized spacial score (nSPS) is 22.6. The zero-order valence-corrected chi connectivity index (χ0v) is 14.9. The molecule has 120 valence electrons. The van der Waals surface area contributed by atoms with Gasteiger partial charge in [-0.25, -0.2) is 0 Å². The van der Waals surface area contributed by atoms with Gasteiger partial charge in [-0.1, -0.05) is 40.7 Å². The van der Waals surface area contributed by atoms with Crippen molar-refractivity contribution in [1.82, 2.24) is 9.88 Å². The third kappa shape index (κ3) is 5.78. The molecule has 21 heavy (non-hydrogen) atoms. The van der Waals surface area contributed by atoms with Crippen molar-refractivity contribution in [3.8, 4) is 0 Å². The lowest BCUT2D eigenvalue weighted by atomic mass is 9.71. The summed E-state index contributed by atoms with van der Waals surface area (Å²) in [4.78, 5) is 6.71. The van der Waals surface area contributed by atoms with Gasteiger partial charge in [-0.15, -0.1) is 0 Å². The number of rotatable bonds is 3. The minimum absolute atomic E-state index is 0.479. The summed E-state index contributed by atoms with van der Waals surface area (Å²) >= 11 is 0. The molecule has 2 rings (SSSR count). The monoisotopic (exact) mass is 290 g/mol. The van der Waals surface area contributed by atoms with Crippen molar-refractivity contribution >= 4 is 0 Å². The van der Waals surface area contributed by atoms with E-state index in [0.29, 0.717) is 5.41 Å². The first-order chi connectivity index (χ1) is 9.97. The standard InChI is InChI=1S/C17H28N2.C2H6/c1-17(2,3)15-7-9-16(10-8-15)19(4)13-14-6-5-11-18-12-14;1-2/h5-6,11-12,15-16H,7-10,13H2,1-4H3;1-2H3. The van der Waals surface area contributed by atoms with Crippen LogP contribution in [0, 0.1) is 11.3 Å². The van der Waals surface area contributed by atoms with Gasteiger partial charge >= 0.3 is 0 Å². The predicted molar refractivity (Wildman–Crippen MR) is 92.3 cm³/mol. The van der Waals surface area contributed by atoms with Crippen molar-refractivity contribution in [2.75, 3.05) is 7.05 Å². The van der Waals surface area contributed by atoms with Crippen LogP contribution in [0.15, 0.2) is 24.5 Å². The molecule has 1 heterocycles. The van der Waals surface area contributed by atoms with Crippen molar-refractivity contribution in [3.63, 3.8) is 0 Å². The first-order valence-corrected chi connectivity index (χ1v) is 8.56. The summed E-state index contributed by atoms with van der Waals surface area (Å²) in [6.45, 7) is 12.2. The molecule has 1 fully saturated rings. The molecule has 0 bridgehead atoms. The molecule has 0 atom stereocenters. The molecular formula is C19H34N2. The fourth-order valence-electron chi connectivity index (χ4n) is 3.29. The molecule has 1 aromatic rings. The fourth-order valence-corrected chi connectivity index (χ4v) is 3.29. The summed E-state index contributed by atoms with van der Waals surface area (Å²) in [5.74, 6) is 0.899. The highest BCUT2D eigenvalue weighted by Crippen LogP contribution is 2.38. The highest BCUT2D eigenvalue weighted by molar-refractivity contribution is 5.08. The molecular weight excluding hydrogens is 256 g/mol. The average Bonchev–Trinajstić information content (AvgIpc) is 2.49. The lowest BCUT2D eigenvalue weighted by Crippen LogP contribution is -2.37. The lowest BCUT2D eigenvalue weighted by molar-refractivity contribution is 0.107. The van der Waals surface area contributed by atoms with E-state index in [9.17, 15) is 0 Å². The van der Waals surface area contributed by atoms with Gasteiger partial charge in [0.25, 0.3) is 0 Å². The number of pyridine rings is 1. The highest BCUT2D eigenvalue weighted by atomic mass is 15.1. The third-order valence-electron chi connectivity index (χ3n) is 4.70. The molecule has 2 heteroatoms. The van der Waals surface area contributed by atoms with E-state index in [1.165, 1.54) is 31.2 Å². The van der Waals surface area contributed by atoms with Gasteiger partial charge in [0.15, 0.2) is 0 Å². The Balaban J connectivity index is 0.00000106. The fraction of sp³-hybridized carbons (Fsp3) is 0.737. The number of hydrogen-bond acceptors (Lipinski definition) is 2. The Labute approximate surface area is 132 Å². The van der Waals surface area contributed by atoms with E-state index in [0.717, 1.165) is 18.5 Å². The number of nitrogens with zero attached hydrogens (tertiary/aromatic N) is 2. The Kier molecular flexibility index (Phi) is 7.37. The van der Waals surface area contributed by atoms with Gasteiger partial charge in [-0.2, -0.15) is 0 Å². The maximum Gasteiger partial charge on any atom is 0.0312 e. The van der Waals surface area contributed by atoms with Crippen LogP contribution in [-0.4, -0.2) is 23.0 Å². The van der Waals surface area contributed by atoms with E-state index < -0.39 is 0 Å². The van der Waals surface area contributed by atoms with Gasteiger partial charge < -0.3 is 0 Å². The van der Waals surface area contributed by atoms with Crippen LogP contribution in [0.1, 0.15) is 65.9 Å². The minimum Gasteiger partial charge on any atom is -0.299 e. The van der Waals surface area contributed by atoms with Crippen molar-refractivity contribution in [1.29, 1.82) is 0 Å². The Morgan fingerprint density at radius 1 is 1.14 bits per heavy atom. The zero-order chi connectivity index (χ0) is 15.9. The van der Waals surface area contributed by atoms with Crippen LogP contribution in [0.2, 0.25) is 0 Å². The van der Waals surface area contributed by atoms with Crippen LogP contribution in [-0.2, 0) is 6.54 Å². The Bertz CT molecular complexity index is 372. The molecule has 1 aromatic heterocycles. The van der Waals surface area contributed by atoms with Crippen LogP contribution in [0.4, 0.5) is 0 Å². The number of hydrogen-bond donors (Lipinski definition) is 0. The topological polar surface area (TPSA) is 16.1 Å². The van der Waals surface area contributed by atoms with Crippen molar-refractivity contribution < 1.29 is 0 Å². The lowest BCUT2D eigenvalue weighted by Gasteiger charge is -2.40. The Hall–Kier alpha value is -0.890. The number of aromatic nitrogens is 1. The maximum absolute atomic E-state index is 4.20. The summed E-state index contributed by atoms with van der Waals surface area (Å²) in [5, 5.41) is 0. The van der Waals surface area contributed by atoms with Crippen LogP contribution in [0.5, 0.6) is 0 Å². The maximum atomic E-state index is 4.20. The second-order valence-corrected chi connectivity index (χ2v) is 7.15. The molecule has 2 nitrogen and oxygen atoms in total. The first-order valence-electron chi connectivity index (χ1n) is 8.56. The van der Waals surface area contributed by atoms with E-state index in [1.807, 2.05) is 32.3 Å². The Morgan fingerprint density at radius 3 is 2.24 bits per heavy atom. The van der Waals surface area contributed by atoms with Gasteiger partial charge in [0, 0.05) is 25.0 Å². The van der Waals surface area contributed by atoms with Crippen LogP contribution in [0.3, 0.4) is 0 Å². The largest absolute Gasteiger partial charge is 0.299 e. The molecule has 1 saturated carbocycles. The van der Waals surface area contributed by atoms with Gasteiger partial charge in [0.05, 0.1) is 0 Å². The molecule has 0 spiro atoms. The molecule has 0 N–H and O–H groups in total. The smallest absolute Gasteiger partial charge is 0.0312 e. The van der Waals surface area contributed by atoms with E-state index >= 15 is 0 Å². The summed E-state index contributed by atoms with van der Waals surface area (Å²) in [5.41, 5.74) is 1.80. The average molecular weight is 290 g/mol. The molecule has 0 unspecified atom stereocenters. The van der Waals surface area contributed by atoms with E-state index in [4.69, 9.17) is 0 Å². The second-order valence-electron chi connectivity index (χ2n) is 7.15. The molecule has 0 saturated heterocycles. The molecule has 1 aliphatic rings. The van der Waals surface area contributed by atoms with Gasteiger partial charge in [0.1, 0.15) is 0 Å². The molecule has 0 amide bonds.